The third kappa shape index (κ3) is 13.9. The van der Waals surface area contributed by atoms with Crippen molar-refractivity contribution in [2.75, 3.05) is 11.9 Å². The Hall–Kier alpha value is -0.0500. The average Bonchev–Trinajstić information content (AvgIpc) is 2.33. The second-order valence-electron chi connectivity index (χ2n) is 4.62. The summed E-state index contributed by atoms with van der Waals surface area (Å²) in [6.07, 6.45) is 11.7. The Bertz CT molecular complexity index is 174. The molecule has 0 aromatic carbocycles. The molecule has 0 unspecified atom stereocenters. The Morgan fingerprint density at radius 2 is 1.59 bits per heavy atom. The molecule has 3 heteroatoms. The van der Waals surface area contributed by atoms with Crippen molar-refractivity contribution in [1.29, 1.82) is 0 Å². The van der Waals surface area contributed by atoms with E-state index in [1.54, 1.807) is 0 Å². The van der Waals surface area contributed by atoms with E-state index in [2.05, 4.69) is 28.2 Å². The number of hydrogen-bond donors (Lipinski definition) is 1. The van der Waals surface area contributed by atoms with Crippen molar-refractivity contribution in [2.24, 2.45) is 0 Å². The number of amides is 1. The Kier molecular flexibility index (Phi) is 14.0. The van der Waals surface area contributed by atoms with Gasteiger partial charge in [-0.15, -0.1) is 0 Å². The predicted molar refractivity (Wildman–Crippen MR) is 78.6 cm³/mol. The normalized spacial score (nSPS) is 10.5. The first-order valence-electron chi connectivity index (χ1n) is 7.14. The van der Waals surface area contributed by atoms with E-state index in [1.807, 2.05) is 0 Å². The van der Waals surface area contributed by atoms with Crippen molar-refractivity contribution in [3.05, 3.63) is 0 Å². The number of halogens is 1. The number of carbonyl (C=O) groups excluding carboxylic acids is 1. The van der Waals surface area contributed by atoms with Crippen LogP contribution in [0.2, 0.25) is 0 Å². The van der Waals surface area contributed by atoms with Crippen LogP contribution in [0, 0.1) is 0 Å². The minimum Gasteiger partial charge on any atom is -0.356 e. The smallest absolute Gasteiger partial charge is 0.219 e. The summed E-state index contributed by atoms with van der Waals surface area (Å²) in [6.45, 7) is 3.07. The molecule has 0 aliphatic carbocycles. The summed E-state index contributed by atoms with van der Waals surface area (Å²) in [7, 11) is 0. The lowest BCUT2D eigenvalue weighted by atomic mass is 10.1. The maximum absolute atomic E-state index is 11.4. The molecule has 1 amide bonds. The van der Waals surface area contributed by atoms with Crippen molar-refractivity contribution < 1.29 is 4.79 Å². The largest absolute Gasteiger partial charge is 0.356 e. The second-order valence-corrected chi connectivity index (χ2v) is 5.41. The van der Waals surface area contributed by atoms with Crippen molar-refractivity contribution in [1.82, 2.24) is 5.32 Å². The van der Waals surface area contributed by atoms with E-state index in [0.29, 0.717) is 6.42 Å². The fraction of sp³-hybridized carbons (Fsp3) is 0.929. The molecule has 102 valence electrons. The number of rotatable bonds is 12. The van der Waals surface area contributed by atoms with Crippen LogP contribution in [0.1, 0.15) is 71.1 Å². The van der Waals surface area contributed by atoms with E-state index in [1.165, 1.54) is 44.9 Å². The summed E-state index contributed by atoms with van der Waals surface area (Å²) in [5.74, 6) is 0.238. The summed E-state index contributed by atoms with van der Waals surface area (Å²) < 4.78 is 0. The molecule has 17 heavy (non-hydrogen) atoms. The van der Waals surface area contributed by atoms with Crippen molar-refractivity contribution in [2.45, 2.75) is 71.1 Å². The van der Waals surface area contributed by atoms with E-state index >= 15 is 0 Å². The van der Waals surface area contributed by atoms with Crippen LogP contribution in [0.5, 0.6) is 0 Å². The molecule has 0 atom stereocenters. The van der Waals surface area contributed by atoms with Crippen molar-refractivity contribution >= 4 is 21.8 Å². The molecule has 0 saturated carbocycles. The molecule has 0 aliphatic rings. The highest BCUT2D eigenvalue weighted by atomic mass is 79.9. The number of alkyl halides is 1. The van der Waals surface area contributed by atoms with Gasteiger partial charge in [0.05, 0.1) is 0 Å². The summed E-state index contributed by atoms with van der Waals surface area (Å²) in [4.78, 5) is 11.4. The van der Waals surface area contributed by atoms with Crippen LogP contribution in [0.3, 0.4) is 0 Å². The molecule has 0 aliphatic heterocycles. The lowest BCUT2D eigenvalue weighted by molar-refractivity contribution is -0.121. The summed E-state index contributed by atoms with van der Waals surface area (Å²) in [5, 5.41) is 4.09. The van der Waals surface area contributed by atoms with Gasteiger partial charge in [0.2, 0.25) is 5.91 Å². The molecule has 0 spiro atoms. The molecule has 0 fully saturated rings. The van der Waals surface area contributed by atoms with Crippen LogP contribution in [0.4, 0.5) is 0 Å². The van der Waals surface area contributed by atoms with E-state index in [9.17, 15) is 4.79 Å². The second kappa shape index (κ2) is 14.0. The van der Waals surface area contributed by atoms with Gasteiger partial charge >= 0.3 is 0 Å². The van der Waals surface area contributed by atoms with Gasteiger partial charge in [-0.05, 0) is 19.3 Å². The summed E-state index contributed by atoms with van der Waals surface area (Å²) >= 11 is 3.42. The first-order chi connectivity index (χ1) is 8.31. The molecule has 0 rings (SSSR count). The minimum atomic E-state index is 0.238. The molecular weight excluding hydrogens is 278 g/mol. The molecule has 0 aromatic rings. The fourth-order valence-electron chi connectivity index (χ4n) is 1.78. The standard InChI is InChI=1S/C14H28BrNO/c1-2-3-4-5-8-11-14(17)16-13-10-7-6-9-12-15/h2-13H2,1H3,(H,16,17). The van der Waals surface area contributed by atoms with Crippen molar-refractivity contribution in [3.8, 4) is 0 Å². The average molecular weight is 306 g/mol. The summed E-state index contributed by atoms with van der Waals surface area (Å²) in [6, 6.07) is 0. The van der Waals surface area contributed by atoms with Gasteiger partial charge in [0.1, 0.15) is 0 Å². The van der Waals surface area contributed by atoms with E-state index < -0.39 is 0 Å². The van der Waals surface area contributed by atoms with Gasteiger partial charge in [0, 0.05) is 18.3 Å². The predicted octanol–water partition coefficient (Wildman–Crippen LogP) is 4.42. The number of nitrogens with one attached hydrogen (secondary N) is 1. The molecule has 0 aromatic heterocycles. The molecule has 0 bridgehead atoms. The van der Waals surface area contributed by atoms with Crippen LogP contribution in [-0.2, 0) is 4.79 Å². The fourth-order valence-corrected chi connectivity index (χ4v) is 2.17. The van der Waals surface area contributed by atoms with Gasteiger partial charge < -0.3 is 5.32 Å². The van der Waals surface area contributed by atoms with Gasteiger partial charge in [0.15, 0.2) is 0 Å². The molecule has 2 nitrogen and oxygen atoms in total. The van der Waals surface area contributed by atoms with Crippen molar-refractivity contribution in [3.63, 3.8) is 0 Å². The first-order valence-corrected chi connectivity index (χ1v) is 8.26. The number of carbonyl (C=O) groups is 1. The minimum absolute atomic E-state index is 0.238. The zero-order valence-corrected chi connectivity index (χ0v) is 12.9. The first kappa shape index (κ1) is 16.9. The topological polar surface area (TPSA) is 29.1 Å². The molecular formula is C14H28BrNO. The molecule has 0 heterocycles. The zero-order chi connectivity index (χ0) is 12.8. The molecule has 1 N–H and O–H groups in total. The van der Waals surface area contributed by atoms with Gasteiger partial charge in [-0.3, -0.25) is 4.79 Å². The highest BCUT2D eigenvalue weighted by molar-refractivity contribution is 9.09. The van der Waals surface area contributed by atoms with Gasteiger partial charge in [-0.25, -0.2) is 0 Å². The van der Waals surface area contributed by atoms with E-state index in [4.69, 9.17) is 0 Å². The van der Waals surface area contributed by atoms with E-state index in [-0.39, 0.29) is 5.91 Å². The van der Waals surface area contributed by atoms with Crippen LogP contribution in [-0.4, -0.2) is 17.8 Å². The number of unbranched alkanes of at least 4 members (excludes halogenated alkanes) is 7. The lowest BCUT2D eigenvalue weighted by Crippen LogP contribution is -2.23. The van der Waals surface area contributed by atoms with Crippen LogP contribution in [0.25, 0.3) is 0 Å². The number of hydrogen-bond acceptors (Lipinski definition) is 1. The van der Waals surface area contributed by atoms with Gasteiger partial charge in [0.25, 0.3) is 0 Å². The quantitative estimate of drug-likeness (QED) is 0.420. The Morgan fingerprint density at radius 3 is 2.29 bits per heavy atom. The zero-order valence-electron chi connectivity index (χ0n) is 11.3. The molecule has 0 radical (unpaired) electrons. The van der Waals surface area contributed by atoms with Gasteiger partial charge in [-0.1, -0.05) is 61.4 Å². The Balaban J connectivity index is 3.12. The summed E-state index contributed by atoms with van der Waals surface area (Å²) in [5.41, 5.74) is 0. The Morgan fingerprint density at radius 1 is 0.941 bits per heavy atom. The SMILES string of the molecule is CCCCCCCC(=O)NCCCCCCBr. The van der Waals surface area contributed by atoms with Crippen LogP contribution >= 0.6 is 15.9 Å². The van der Waals surface area contributed by atoms with Gasteiger partial charge in [-0.2, -0.15) is 0 Å². The Labute approximate surface area is 115 Å². The van der Waals surface area contributed by atoms with Crippen LogP contribution < -0.4 is 5.32 Å². The highest BCUT2D eigenvalue weighted by Gasteiger charge is 1.99. The maximum Gasteiger partial charge on any atom is 0.219 e. The lowest BCUT2D eigenvalue weighted by Gasteiger charge is -2.05. The van der Waals surface area contributed by atoms with Crippen LogP contribution in [0.15, 0.2) is 0 Å². The monoisotopic (exact) mass is 305 g/mol. The third-order valence-electron chi connectivity index (χ3n) is 2.89. The highest BCUT2D eigenvalue weighted by Crippen LogP contribution is 2.05. The molecule has 0 saturated heterocycles. The third-order valence-corrected chi connectivity index (χ3v) is 3.45. The maximum atomic E-state index is 11.4. The van der Waals surface area contributed by atoms with E-state index in [0.717, 1.165) is 24.7 Å².